The molecule has 1 aliphatic heterocycles. The average molecular weight is 254 g/mol. The molecule has 3 nitrogen and oxygen atoms in total. The van der Waals surface area contributed by atoms with Gasteiger partial charge in [0.05, 0.1) is 6.10 Å². The highest BCUT2D eigenvalue weighted by atomic mass is 32.1. The summed E-state index contributed by atoms with van der Waals surface area (Å²) in [5, 5.41) is 4.39. The summed E-state index contributed by atoms with van der Waals surface area (Å²) >= 11 is 1.78. The van der Waals surface area contributed by atoms with Crippen molar-refractivity contribution in [2.75, 3.05) is 26.2 Å². The zero-order valence-corrected chi connectivity index (χ0v) is 11.1. The Balaban J connectivity index is 1.64. The van der Waals surface area contributed by atoms with E-state index in [9.17, 15) is 0 Å². The Kier molecular flexibility index (Phi) is 5.45. The fourth-order valence-electron chi connectivity index (χ4n) is 2.21. The van der Waals surface area contributed by atoms with Crippen LogP contribution in [0.3, 0.4) is 0 Å². The third-order valence-electron chi connectivity index (χ3n) is 3.22. The van der Waals surface area contributed by atoms with Gasteiger partial charge in [0.1, 0.15) is 0 Å². The third kappa shape index (κ3) is 4.39. The lowest BCUT2D eigenvalue weighted by Gasteiger charge is -2.31. The molecule has 4 heteroatoms. The first-order chi connectivity index (χ1) is 8.38. The van der Waals surface area contributed by atoms with E-state index in [1.807, 2.05) is 0 Å². The van der Waals surface area contributed by atoms with Gasteiger partial charge in [-0.15, -0.1) is 0 Å². The topological polar surface area (TPSA) is 38.5 Å². The van der Waals surface area contributed by atoms with Crippen LogP contribution in [-0.2, 0) is 11.3 Å². The molecule has 1 aromatic rings. The van der Waals surface area contributed by atoms with Gasteiger partial charge in [-0.3, -0.25) is 4.90 Å². The van der Waals surface area contributed by atoms with E-state index in [0.29, 0.717) is 6.10 Å². The molecule has 0 unspecified atom stereocenters. The van der Waals surface area contributed by atoms with Gasteiger partial charge >= 0.3 is 0 Å². The molecule has 0 atom stereocenters. The molecular formula is C13H22N2OS. The molecule has 1 saturated heterocycles. The molecule has 0 aromatic carbocycles. The molecule has 0 radical (unpaired) electrons. The van der Waals surface area contributed by atoms with Crippen molar-refractivity contribution in [3.05, 3.63) is 22.4 Å². The summed E-state index contributed by atoms with van der Waals surface area (Å²) in [5.41, 5.74) is 6.90. The van der Waals surface area contributed by atoms with E-state index in [2.05, 4.69) is 21.7 Å². The van der Waals surface area contributed by atoms with Gasteiger partial charge in [0.2, 0.25) is 0 Å². The highest BCUT2D eigenvalue weighted by Gasteiger charge is 2.19. The minimum atomic E-state index is 0.459. The fraction of sp³-hybridized carbons (Fsp3) is 0.692. The predicted octanol–water partition coefficient (Wildman–Crippen LogP) is 2.08. The molecule has 1 aromatic heterocycles. The highest BCUT2D eigenvalue weighted by Crippen LogP contribution is 2.17. The van der Waals surface area contributed by atoms with Crippen LogP contribution in [0.25, 0.3) is 0 Å². The fourth-order valence-corrected chi connectivity index (χ4v) is 2.87. The van der Waals surface area contributed by atoms with Crippen molar-refractivity contribution in [3.63, 3.8) is 0 Å². The van der Waals surface area contributed by atoms with Crippen LogP contribution in [0.5, 0.6) is 0 Å². The van der Waals surface area contributed by atoms with Gasteiger partial charge in [0.25, 0.3) is 0 Å². The summed E-state index contributed by atoms with van der Waals surface area (Å²) in [6.07, 6.45) is 3.76. The molecule has 17 heavy (non-hydrogen) atoms. The highest BCUT2D eigenvalue weighted by molar-refractivity contribution is 7.07. The number of thiophene rings is 1. The van der Waals surface area contributed by atoms with Crippen molar-refractivity contribution in [1.29, 1.82) is 0 Å². The minimum Gasteiger partial charge on any atom is -0.378 e. The van der Waals surface area contributed by atoms with Gasteiger partial charge in [-0.05, 0) is 48.2 Å². The normalized spacial score (nSPS) is 18.6. The molecule has 0 saturated carbocycles. The number of ether oxygens (including phenoxy) is 1. The molecule has 1 aliphatic rings. The Bertz CT molecular complexity index is 294. The number of nitrogens with two attached hydrogens (primary N) is 1. The Morgan fingerprint density at radius 1 is 1.41 bits per heavy atom. The maximum atomic E-state index is 5.80. The van der Waals surface area contributed by atoms with E-state index in [0.717, 1.165) is 52.0 Å². The van der Waals surface area contributed by atoms with E-state index in [1.165, 1.54) is 5.56 Å². The van der Waals surface area contributed by atoms with Crippen LogP contribution in [0.4, 0.5) is 0 Å². The van der Waals surface area contributed by atoms with Crippen molar-refractivity contribution in [2.24, 2.45) is 5.73 Å². The summed E-state index contributed by atoms with van der Waals surface area (Å²) in [7, 11) is 0. The second-order valence-electron chi connectivity index (χ2n) is 4.62. The van der Waals surface area contributed by atoms with E-state index in [1.54, 1.807) is 11.3 Å². The molecule has 1 fully saturated rings. The molecule has 2 heterocycles. The maximum Gasteiger partial charge on any atom is 0.0599 e. The van der Waals surface area contributed by atoms with Crippen LogP contribution < -0.4 is 5.73 Å². The van der Waals surface area contributed by atoms with Crippen LogP contribution in [-0.4, -0.2) is 37.2 Å². The number of hydrogen-bond donors (Lipinski definition) is 1. The van der Waals surface area contributed by atoms with Gasteiger partial charge in [-0.1, -0.05) is 0 Å². The predicted molar refractivity (Wildman–Crippen MR) is 72.2 cm³/mol. The standard InChI is InChI=1S/C13H22N2OS/c14-5-1-8-16-13-2-6-15(7-3-13)10-12-4-9-17-11-12/h4,9,11,13H,1-3,5-8,10,14H2. The van der Waals surface area contributed by atoms with Gasteiger partial charge < -0.3 is 10.5 Å². The van der Waals surface area contributed by atoms with Crippen molar-refractivity contribution >= 4 is 11.3 Å². The number of hydrogen-bond acceptors (Lipinski definition) is 4. The van der Waals surface area contributed by atoms with Crippen molar-refractivity contribution in [1.82, 2.24) is 4.90 Å². The SMILES string of the molecule is NCCCOC1CCN(Cc2ccsc2)CC1. The van der Waals surface area contributed by atoms with Gasteiger partial charge in [0.15, 0.2) is 0 Å². The molecule has 0 spiro atoms. The summed E-state index contributed by atoms with van der Waals surface area (Å²) in [6.45, 7) is 4.97. The Labute approximate surface area is 108 Å². The summed E-state index contributed by atoms with van der Waals surface area (Å²) < 4.78 is 5.80. The number of likely N-dealkylation sites (tertiary alicyclic amines) is 1. The van der Waals surface area contributed by atoms with Crippen molar-refractivity contribution < 1.29 is 4.74 Å². The summed E-state index contributed by atoms with van der Waals surface area (Å²) in [5.74, 6) is 0. The molecule has 2 N–H and O–H groups in total. The third-order valence-corrected chi connectivity index (χ3v) is 3.95. The lowest BCUT2D eigenvalue weighted by atomic mass is 10.1. The number of nitrogens with zero attached hydrogens (tertiary/aromatic N) is 1. The van der Waals surface area contributed by atoms with Crippen LogP contribution in [0.2, 0.25) is 0 Å². The lowest BCUT2D eigenvalue weighted by Crippen LogP contribution is -2.36. The second-order valence-corrected chi connectivity index (χ2v) is 5.40. The Morgan fingerprint density at radius 3 is 2.88 bits per heavy atom. The van der Waals surface area contributed by atoms with Crippen LogP contribution in [0.1, 0.15) is 24.8 Å². The molecule has 0 bridgehead atoms. The second kappa shape index (κ2) is 7.11. The summed E-state index contributed by atoms with van der Waals surface area (Å²) in [6, 6.07) is 2.22. The largest absolute Gasteiger partial charge is 0.378 e. The molecule has 96 valence electrons. The first-order valence-electron chi connectivity index (χ1n) is 6.43. The van der Waals surface area contributed by atoms with Crippen LogP contribution in [0, 0.1) is 0 Å². The van der Waals surface area contributed by atoms with Crippen molar-refractivity contribution in [3.8, 4) is 0 Å². The van der Waals surface area contributed by atoms with E-state index in [4.69, 9.17) is 10.5 Å². The summed E-state index contributed by atoms with van der Waals surface area (Å²) in [4.78, 5) is 2.52. The molecule has 0 aliphatic carbocycles. The zero-order valence-electron chi connectivity index (χ0n) is 10.3. The number of rotatable bonds is 6. The van der Waals surface area contributed by atoms with E-state index >= 15 is 0 Å². The van der Waals surface area contributed by atoms with Gasteiger partial charge in [-0.25, -0.2) is 0 Å². The maximum absolute atomic E-state index is 5.80. The van der Waals surface area contributed by atoms with Crippen LogP contribution in [0.15, 0.2) is 16.8 Å². The quantitative estimate of drug-likeness (QED) is 0.790. The van der Waals surface area contributed by atoms with E-state index in [-0.39, 0.29) is 0 Å². The smallest absolute Gasteiger partial charge is 0.0599 e. The Hall–Kier alpha value is -0.420. The number of piperidine rings is 1. The molecular weight excluding hydrogens is 232 g/mol. The minimum absolute atomic E-state index is 0.459. The van der Waals surface area contributed by atoms with Crippen LogP contribution >= 0.6 is 11.3 Å². The Morgan fingerprint density at radius 2 is 2.24 bits per heavy atom. The zero-order chi connectivity index (χ0) is 11.9. The monoisotopic (exact) mass is 254 g/mol. The lowest BCUT2D eigenvalue weighted by molar-refractivity contribution is 0.00565. The first kappa shape index (κ1) is 13.0. The first-order valence-corrected chi connectivity index (χ1v) is 7.38. The molecule has 0 amide bonds. The van der Waals surface area contributed by atoms with Gasteiger partial charge in [0, 0.05) is 26.2 Å². The van der Waals surface area contributed by atoms with E-state index < -0.39 is 0 Å². The van der Waals surface area contributed by atoms with Crippen molar-refractivity contribution in [2.45, 2.75) is 31.9 Å². The average Bonchev–Trinajstić information content (AvgIpc) is 2.85. The molecule has 2 rings (SSSR count). The van der Waals surface area contributed by atoms with Gasteiger partial charge in [-0.2, -0.15) is 11.3 Å².